The van der Waals surface area contributed by atoms with E-state index in [0.29, 0.717) is 25.4 Å². The molecule has 2 aromatic rings. The molecule has 2 aromatic carbocycles. The van der Waals surface area contributed by atoms with E-state index in [1.54, 1.807) is 12.1 Å². The summed E-state index contributed by atoms with van der Waals surface area (Å²) >= 11 is 0. The summed E-state index contributed by atoms with van der Waals surface area (Å²) in [4.78, 5) is 14.4. The van der Waals surface area contributed by atoms with Gasteiger partial charge in [-0.2, -0.15) is 0 Å². The van der Waals surface area contributed by atoms with Crippen molar-refractivity contribution in [3.8, 4) is 0 Å². The van der Waals surface area contributed by atoms with E-state index in [1.165, 1.54) is 5.56 Å². The molecule has 1 atom stereocenters. The maximum absolute atomic E-state index is 12.5. The number of benzene rings is 2. The van der Waals surface area contributed by atoms with Crippen molar-refractivity contribution in [1.29, 1.82) is 0 Å². The lowest BCUT2D eigenvalue weighted by Gasteiger charge is -2.17. The molecule has 3 rings (SSSR count). The van der Waals surface area contributed by atoms with Crippen LogP contribution in [0.25, 0.3) is 0 Å². The SMILES string of the molecule is CC(C)c1ccc(S(=O)(=O)NC[C@@H]2CC(=O)N(CCc3ccccc3)C2)cc1. The second-order valence-corrected chi connectivity index (χ2v) is 9.49. The van der Waals surface area contributed by atoms with Crippen LogP contribution in [0.3, 0.4) is 0 Å². The predicted octanol–water partition coefficient (Wildman–Crippen LogP) is 3.18. The fourth-order valence-corrected chi connectivity index (χ4v) is 4.57. The second-order valence-electron chi connectivity index (χ2n) is 7.72. The van der Waals surface area contributed by atoms with Crippen LogP contribution >= 0.6 is 0 Å². The van der Waals surface area contributed by atoms with E-state index in [0.717, 1.165) is 12.0 Å². The number of nitrogens with one attached hydrogen (secondary N) is 1. The number of amides is 1. The third-order valence-corrected chi connectivity index (χ3v) is 6.67. The van der Waals surface area contributed by atoms with Crippen molar-refractivity contribution in [3.05, 3.63) is 65.7 Å². The molecule has 0 saturated carbocycles. The van der Waals surface area contributed by atoms with Crippen molar-refractivity contribution >= 4 is 15.9 Å². The first-order valence-electron chi connectivity index (χ1n) is 9.76. The van der Waals surface area contributed by atoms with Gasteiger partial charge in [0.15, 0.2) is 0 Å². The van der Waals surface area contributed by atoms with Crippen LogP contribution in [0.15, 0.2) is 59.5 Å². The van der Waals surface area contributed by atoms with Crippen LogP contribution in [-0.4, -0.2) is 38.9 Å². The molecule has 1 aliphatic heterocycles. The largest absolute Gasteiger partial charge is 0.342 e. The van der Waals surface area contributed by atoms with Gasteiger partial charge in [0.2, 0.25) is 15.9 Å². The number of hydrogen-bond donors (Lipinski definition) is 1. The Hall–Kier alpha value is -2.18. The van der Waals surface area contributed by atoms with Crippen molar-refractivity contribution < 1.29 is 13.2 Å². The van der Waals surface area contributed by atoms with Crippen LogP contribution in [0, 0.1) is 5.92 Å². The van der Waals surface area contributed by atoms with Crippen molar-refractivity contribution in [3.63, 3.8) is 0 Å². The minimum absolute atomic E-state index is 0.00739. The number of sulfonamides is 1. The summed E-state index contributed by atoms with van der Waals surface area (Å²) in [6, 6.07) is 17.1. The zero-order chi connectivity index (χ0) is 20.1. The third-order valence-electron chi connectivity index (χ3n) is 5.23. The van der Waals surface area contributed by atoms with Crippen LogP contribution in [0.5, 0.6) is 0 Å². The summed E-state index contributed by atoms with van der Waals surface area (Å²) in [7, 11) is -3.56. The van der Waals surface area contributed by atoms with Gasteiger partial charge >= 0.3 is 0 Å². The summed E-state index contributed by atoms with van der Waals surface area (Å²) in [6.45, 7) is 5.69. The molecule has 0 bridgehead atoms. The summed E-state index contributed by atoms with van der Waals surface area (Å²) in [5.74, 6) is 0.463. The highest BCUT2D eigenvalue weighted by molar-refractivity contribution is 7.89. The van der Waals surface area contributed by atoms with Gasteiger partial charge in [-0.3, -0.25) is 4.79 Å². The number of carbonyl (C=O) groups is 1. The lowest BCUT2D eigenvalue weighted by molar-refractivity contribution is -0.127. The normalized spacial score (nSPS) is 17.5. The topological polar surface area (TPSA) is 66.5 Å². The van der Waals surface area contributed by atoms with E-state index >= 15 is 0 Å². The fourth-order valence-electron chi connectivity index (χ4n) is 3.46. The van der Waals surface area contributed by atoms with Gasteiger partial charge in [-0.05, 0) is 41.5 Å². The molecule has 6 heteroatoms. The first kappa shape index (κ1) is 20.6. The van der Waals surface area contributed by atoms with Crippen molar-refractivity contribution in [2.45, 2.75) is 37.5 Å². The van der Waals surface area contributed by atoms with Gasteiger partial charge in [0.25, 0.3) is 0 Å². The van der Waals surface area contributed by atoms with Gasteiger partial charge in [0.05, 0.1) is 4.90 Å². The average molecular weight is 401 g/mol. The summed E-state index contributed by atoms with van der Waals surface area (Å²) in [5, 5.41) is 0. The number of likely N-dealkylation sites (tertiary alicyclic amines) is 1. The fraction of sp³-hybridized carbons (Fsp3) is 0.409. The third kappa shape index (κ3) is 5.20. The molecule has 0 unspecified atom stereocenters. The molecule has 1 heterocycles. The van der Waals surface area contributed by atoms with Crippen LogP contribution in [-0.2, 0) is 21.2 Å². The lowest BCUT2D eigenvalue weighted by Crippen LogP contribution is -2.32. The predicted molar refractivity (Wildman–Crippen MR) is 111 cm³/mol. The lowest BCUT2D eigenvalue weighted by atomic mass is 10.0. The summed E-state index contributed by atoms with van der Waals surface area (Å²) in [5.41, 5.74) is 2.30. The Morgan fingerprint density at radius 1 is 1.07 bits per heavy atom. The number of nitrogens with zero attached hydrogens (tertiary/aromatic N) is 1. The Kier molecular flexibility index (Phi) is 6.52. The van der Waals surface area contributed by atoms with E-state index in [2.05, 4.69) is 30.7 Å². The highest BCUT2D eigenvalue weighted by atomic mass is 32.2. The van der Waals surface area contributed by atoms with E-state index in [9.17, 15) is 13.2 Å². The Morgan fingerprint density at radius 3 is 2.39 bits per heavy atom. The Bertz CT molecular complexity index is 893. The quantitative estimate of drug-likeness (QED) is 0.740. The smallest absolute Gasteiger partial charge is 0.240 e. The van der Waals surface area contributed by atoms with Gasteiger partial charge in [0.1, 0.15) is 0 Å². The number of carbonyl (C=O) groups excluding carboxylic acids is 1. The Morgan fingerprint density at radius 2 is 1.75 bits per heavy atom. The monoisotopic (exact) mass is 400 g/mol. The molecule has 1 amide bonds. The molecule has 1 aliphatic rings. The number of hydrogen-bond acceptors (Lipinski definition) is 3. The number of rotatable bonds is 8. The van der Waals surface area contributed by atoms with Crippen LogP contribution in [0.2, 0.25) is 0 Å². The summed E-state index contributed by atoms with van der Waals surface area (Å²) < 4.78 is 27.7. The molecule has 1 N–H and O–H groups in total. The minimum Gasteiger partial charge on any atom is -0.342 e. The van der Waals surface area contributed by atoms with Gasteiger partial charge in [-0.25, -0.2) is 13.1 Å². The molecule has 0 aromatic heterocycles. The molecule has 28 heavy (non-hydrogen) atoms. The molecule has 0 spiro atoms. The van der Waals surface area contributed by atoms with E-state index in [4.69, 9.17) is 0 Å². The van der Waals surface area contributed by atoms with Crippen LogP contribution in [0.1, 0.15) is 37.3 Å². The molecular formula is C22H28N2O3S. The molecule has 0 radical (unpaired) electrons. The zero-order valence-corrected chi connectivity index (χ0v) is 17.3. The van der Waals surface area contributed by atoms with E-state index < -0.39 is 10.0 Å². The van der Waals surface area contributed by atoms with Crippen molar-refractivity contribution in [1.82, 2.24) is 9.62 Å². The zero-order valence-electron chi connectivity index (χ0n) is 16.5. The van der Waals surface area contributed by atoms with E-state index in [-0.39, 0.29) is 23.3 Å². The maximum Gasteiger partial charge on any atom is 0.240 e. The minimum atomic E-state index is -3.56. The highest BCUT2D eigenvalue weighted by Crippen LogP contribution is 2.20. The standard InChI is InChI=1S/C22H28N2O3S/c1-17(2)20-8-10-21(11-9-20)28(26,27)23-15-19-14-22(25)24(16-19)13-12-18-6-4-3-5-7-18/h3-11,17,19,23H,12-16H2,1-2H3/t19-/m0/s1. The second kappa shape index (κ2) is 8.88. The Balaban J connectivity index is 1.52. The van der Waals surface area contributed by atoms with Gasteiger partial charge < -0.3 is 4.90 Å². The molecule has 5 nitrogen and oxygen atoms in total. The molecule has 1 saturated heterocycles. The van der Waals surface area contributed by atoms with Crippen molar-refractivity contribution in [2.75, 3.05) is 19.6 Å². The first-order valence-corrected chi connectivity index (χ1v) is 11.2. The molecule has 0 aliphatic carbocycles. The highest BCUT2D eigenvalue weighted by Gasteiger charge is 2.30. The van der Waals surface area contributed by atoms with Crippen LogP contribution < -0.4 is 4.72 Å². The van der Waals surface area contributed by atoms with Crippen molar-refractivity contribution in [2.24, 2.45) is 5.92 Å². The van der Waals surface area contributed by atoms with Gasteiger partial charge in [0, 0.05) is 26.1 Å². The van der Waals surface area contributed by atoms with Gasteiger partial charge in [-0.15, -0.1) is 0 Å². The first-order chi connectivity index (χ1) is 13.3. The Labute approximate surface area is 167 Å². The molecular weight excluding hydrogens is 372 g/mol. The van der Waals surface area contributed by atoms with Crippen LogP contribution in [0.4, 0.5) is 0 Å². The average Bonchev–Trinajstić information content (AvgIpc) is 3.05. The maximum atomic E-state index is 12.5. The molecule has 150 valence electrons. The van der Waals surface area contributed by atoms with Gasteiger partial charge in [-0.1, -0.05) is 56.3 Å². The molecule has 1 fully saturated rings. The summed E-state index contributed by atoms with van der Waals surface area (Å²) in [6.07, 6.45) is 1.21. The van der Waals surface area contributed by atoms with E-state index in [1.807, 2.05) is 35.2 Å².